The Balaban J connectivity index is 0.000000265. The fourth-order valence-corrected chi connectivity index (χ4v) is 4.21. The minimum Gasteiger partial charge on any atom is -0.507 e. The minimum absolute atomic E-state index is 0.0264. The molecule has 0 unspecified atom stereocenters. The smallest absolute Gasteiger partial charge is 0.347 e. The fraction of sp³-hybridized carbons (Fsp3) is 0.212. The number of carbonyl (C=O) groups is 3. The highest BCUT2D eigenvalue weighted by atomic mass is 16.5. The van der Waals surface area contributed by atoms with E-state index in [1.165, 1.54) is 58.2 Å². The van der Waals surface area contributed by atoms with Crippen molar-refractivity contribution >= 4 is 29.2 Å². The largest absolute Gasteiger partial charge is 0.507 e. The standard InChI is InChI=1S/C19H18O8.C14H14O4/c1-8-5-13(26-4)11(7-20)17(22)14(8)19(25)27-12-6-9(2)16(21)15(10(12)3)18(23)24;1-9(2)5-6-17-13-8-12-10(7-11(13)15)3-4-14(16)18-12/h5-7,21-22H,1-4H3,(H,23,24);3-5,7-8,15H,6H2,1-2H3. The van der Waals surface area contributed by atoms with Crippen LogP contribution in [0.3, 0.4) is 0 Å². The topological polar surface area (TPSA) is 190 Å². The lowest BCUT2D eigenvalue weighted by molar-refractivity contribution is 0.0681. The first kappa shape index (κ1) is 33.7. The van der Waals surface area contributed by atoms with E-state index in [0.717, 1.165) is 5.57 Å². The van der Waals surface area contributed by atoms with Gasteiger partial charge in [-0.15, -0.1) is 0 Å². The van der Waals surface area contributed by atoms with Gasteiger partial charge in [-0.1, -0.05) is 5.57 Å². The Bertz CT molecular complexity index is 1880. The molecule has 0 radical (unpaired) electrons. The van der Waals surface area contributed by atoms with Crippen molar-refractivity contribution in [2.24, 2.45) is 0 Å². The van der Waals surface area contributed by atoms with Crippen LogP contribution in [-0.2, 0) is 0 Å². The summed E-state index contributed by atoms with van der Waals surface area (Å²) in [7, 11) is 1.31. The zero-order valence-electron chi connectivity index (χ0n) is 25.4. The summed E-state index contributed by atoms with van der Waals surface area (Å²) in [5, 5.41) is 39.9. The van der Waals surface area contributed by atoms with Crippen molar-refractivity contribution in [2.45, 2.75) is 34.6 Å². The highest BCUT2D eigenvalue weighted by Gasteiger charge is 2.26. The average molecular weight is 621 g/mol. The van der Waals surface area contributed by atoms with Crippen LogP contribution in [-0.4, -0.2) is 52.4 Å². The van der Waals surface area contributed by atoms with Crippen LogP contribution in [0.25, 0.3) is 11.0 Å². The summed E-state index contributed by atoms with van der Waals surface area (Å²) >= 11 is 0. The van der Waals surface area contributed by atoms with Gasteiger partial charge in [-0.2, -0.15) is 0 Å². The summed E-state index contributed by atoms with van der Waals surface area (Å²) in [6.07, 6.45) is 2.24. The number of benzene rings is 3. The van der Waals surface area contributed by atoms with E-state index in [0.29, 0.717) is 35.2 Å². The van der Waals surface area contributed by atoms with Crippen molar-refractivity contribution in [3.8, 4) is 34.5 Å². The minimum atomic E-state index is -1.38. The third-order valence-electron chi connectivity index (χ3n) is 6.59. The van der Waals surface area contributed by atoms with Gasteiger partial charge in [-0.25, -0.2) is 14.4 Å². The summed E-state index contributed by atoms with van der Waals surface area (Å²) in [6, 6.07) is 8.65. The number of ether oxygens (including phenoxy) is 3. The van der Waals surface area contributed by atoms with Crippen molar-refractivity contribution in [1.29, 1.82) is 0 Å². The maximum Gasteiger partial charge on any atom is 0.347 e. The molecule has 236 valence electrons. The highest BCUT2D eigenvalue weighted by Crippen LogP contribution is 2.36. The summed E-state index contributed by atoms with van der Waals surface area (Å²) in [5.41, 5.74) is 0.788. The number of phenolic OH excluding ortho intramolecular Hbond substituents is 2. The number of aldehydes is 1. The molecule has 0 bridgehead atoms. The molecule has 0 saturated heterocycles. The summed E-state index contributed by atoms with van der Waals surface area (Å²) in [4.78, 5) is 46.3. The molecule has 0 aliphatic rings. The first-order valence-corrected chi connectivity index (χ1v) is 13.4. The molecule has 0 aliphatic carbocycles. The molecule has 4 rings (SSSR count). The molecule has 1 heterocycles. The van der Waals surface area contributed by atoms with Gasteiger partial charge in [0, 0.05) is 23.1 Å². The van der Waals surface area contributed by atoms with Gasteiger partial charge in [0.1, 0.15) is 46.3 Å². The van der Waals surface area contributed by atoms with E-state index in [-0.39, 0.29) is 45.1 Å². The predicted octanol–water partition coefficient (Wildman–Crippen LogP) is 5.61. The van der Waals surface area contributed by atoms with Crippen molar-refractivity contribution in [3.63, 3.8) is 0 Å². The second-order valence-corrected chi connectivity index (χ2v) is 10.1. The number of methoxy groups -OCH3 is 1. The second-order valence-electron chi connectivity index (χ2n) is 10.1. The van der Waals surface area contributed by atoms with E-state index >= 15 is 0 Å². The number of carboxylic acids is 1. The zero-order chi connectivity index (χ0) is 33.6. The predicted molar refractivity (Wildman–Crippen MR) is 163 cm³/mol. The van der Waals surface area contributed by atoms with Crippen molar-refractivity contribution < 1.29 is 53.4 Å². The molecule has 0 atom stereocenters. The number of aromatic hydroxyl groups is 3. The van der Waals surface area contributed by atoms with Crippen LogP contribution in [0.5, 0.6) is 34.5 Å². The average Bonchev–Trinajstić information content (AvgIpc) is 2.96. The molecule has 1 aromatic heterocycles. The first-order chi connectivity index (χ1) is 21.2. The molecule has 0 spiro atoms. The molecule has 4 aromatic rings. The number of rotatable bonds is 8. The van der Waals surface area contributed by atoms with E-state index in [4.69, 9.17) is 18.6 Å². The van der Waals surface area contributed by atoms with Crippen molar-refractivity contribution in [3.05, 3.63) is 91.8 Å². The monoisotopic (exact) mass is 620 g/mol. The van der Waals surface area contributed by atoms with Crippen LogP contribution in [0.4, 0.5) is 0 Å². The Hall–Kier alpha value is -5.78. The van der Waals surface area contributed by atoms with Crippen LogP contribution < -0.4 is 19.8 Å². The molecule has 3 aromatic carbocycles. The Morgan fingerprint density at radius 1 is 0.889 bits per heavy atom. The maximum atomic E-state index is 12.6. The van der Waals surface area contributed by atoms with E-state index < -0.39 is 29.1 Å². The summed E-state index contributed by atoms with van der Waals surface area (Å²) in [6.45, 7) is 8.64. The van der Waals surface area contributed by atoms with Gasteiger partial charge in [0.05, 0.1) is 12.7 Å². The number of aryl methyl sites for hydroxylation is 2. The molecule has 4 N–H and O–H groups in total. The number of hydrogen-bond donors (Lipinski definition) is 4. The van der Waals surface area contributed by atoms with E-state index in [2.05, 4.69) is 0 Å². The van der Waals surface area contributed by atoms with Gasteiger partial charge in [0.2, 0.25) is 0 Å². The highest BCUT2D eigenvalue weighted by molar-refractivity contribution is 6.00. The zero-order valence-corrected chi connectivity index (χ0v) is 25.4. The van der Waals surface area contributed by atoms with Gasteiger partial charge in [-0.05, 0) is 76.1 Å². The number of phenols is 3. The third kappa shape index (κ3) is 7.60. The Labute approximate surface area is 257 Å². The molecule has 0 aliphatic heterocycles. The lowest BCUT2D eigenvalue weighted by Gasteiger charge is -2.16. The maximum absolute atomic E-state index is 12.6. The van der Waals surface area contributed by atoms with Gasteiger partial charge in [-0.3, -0.25) is 4.79 Å². The lowest BCUT2D eigenvalue weighted by atomic mass is 10.0. The number of aromatic carboxylic acids is 1. The van der Waals surface area contributed by atoms with E-state index in [1.54, 1.807) is 6.07 Å². The van der Waals surface area contributed by atoms with Crippen LogP contribution >= 0.6 is 0 Å². The Morgan fingerprint density at radius 2 is 1.56 bits per heavy atom. The number of esters is 1. The SMILES string of the molecule is CC(C)=CCOc1cc2oc(=O)ccc2cc1O.COc1cc(C)c(C(=O)Oc2cc(C)c(O)c(C(=O)O)c2C)c(O)c1C=O. The molecular weight excluding hydrogens is 588 g/mol. The number of carboxylic acid groups (broad SMARTS) is 1. The van der Waals surface area contributed by atoms with Gasteiger partial charge in [0.25, 0.3) is 0 Å². The van der Waals surface area contributed by atoms with Crippen LogP contribution in [0.2, 0.25) is 0 Å². The van der Waals surface area contributed by atoms with E-state index in [1.807, 2.05) is 19.9 Å². The first-order valence-electron chi connectivity index (χ1n) is 13.4. The number of fused-ring (bicyclic) bond motifs is 1. The third-order valence-corrected chi connectivity index (χ3v) is 6.59. The van der Waals surface area contributed by atoms with Crippen molar-refractivity contribution in [2.75, 3.05) is 13.7 Å². The Morgan fingerprint density at radius 3 is 2.16 bits per heavy atom. The summed E-state index contributed by atoms with van der Waals surface area (Å²) in [5.74, 6) is -3.05. The molecule has 0 saturated carbocycles. The Kier molecular flexibility index (Phi) is 10.6. The van der Waals surface area contributed by atoms with Crippen LogP contribution in [0, 0.1) is 20.8 Å². The quantitative estimate of drug-likeness (QED) is 0.0627. The number of allylic oxidation sites excluding steroid dienone is 1. The molecular formula is C33H32O12. The normalized spacial score (nSPS) is 10.4. The van der Waals surface area contributed by atoms with Gasteiger partial charge >= 0.3 is 17.6 Å². The summed E-state index contributed by atoms with van der Waals surface area (Å²) < 4.78 is 20.7. The van der Waals surface area contributed by atoms with Gasteiger partial charge in [0.15, 0.2) is 17.8 Å². The number of carbonyl (C=O) groups excluding carboxylic acids is 2. The van der Waals surface area contributed by atoms with E-state index in [9.17, 15) is 39.6 Å². The molecule has 0 fully saturated rings. The number of hydrogen-bond acceptors (Lipinski definition) is 11. The molecule has 12 heteroatoms. The van der Waals surface area contributed by atoms with Crippen molar-refractivity contribution in [1.82, 2.24) is 0 Å². The second kappa shape index (κ2) is 14.1. The molecule has 45 heavy (non-hydrogen) atoms. The van der Waals surface area contributed by atoms with Gasteiger partial charge < -0.3 is 39.1 Å². The van der Waals surface area contributed by atoms with Crippen LogP contribution in [0.15, 0.2) is 57.3 Å². The fourth-order valence-electron chi connectivity index (χ4n) is 4.21. The lowest BCUT2D eigenvalue weighted by Crippen LogP contribution is -2.14. The molecule has 0 amide bonds. The molecule has 12 nitrogen and oxygen atoms in total. The van der Waals surface area contributed by atoms with Crippen LogP contribution in [0.1, 0.15) is 61.6 Å².